The molecule has 3 rings (SSSR count). The van der Waals surface area contributed by atoms with Gasteiger partial charge in [0.25, 0.3) is 0 Å². The molecular weight excluding hydrogens is 309 g/mol. The van der Waals surface area contributed by atoms with Crippen molar-refractivity contribution >= 4 is 11.0 Å². The molecule has 2 aromatic carbocycles. The average molecular weight is 320 g/mol. The number of fused-ring (bicyclic) bond motifs is 1. The van der Waals surface area contributed by atoms with Gasteiger partial charge in [0, 0.05) is 17.5 Å². The highest BCUT2D eigenvalue weighted by molar-refractivity contribution is 5.81. The molecule has 0 aliphatic carbocycles. The quantitative estimate of drug-likeness (QED) is 0.630. The molecule has 3 nitrogen and oxygen atoms in total. The number of benzene rings is 2. The Morgan fingerprint density at radius 2 is 1.61 bits per heavy atom. The van der Waals surface area contributed by atoms with Gasteiger partial charge in [-0.15, -0.1) is 0 Å². The Bertz CT molecular complexity index is 909. The van der Waals surface area contributed by atoms with Crippen LogP contribution >= 0.6 is 0 Å². The van der Waals surface area contributed by atoms with Crippen molar-refractivity contribution in [2.75, 3.05) is 0 Å². The average Bonchev–Trinajstić information content (AvgIpc) is 2.46. The molecule has 0 N–H and O–H groups in total. The predicted octanol–water partition coefficient (Wildman–Crippen LogP) is 4.91. The first-order valence-corrected chi connectivity index (χ1v) is 6.72. The highest BCUT2D eigenvalue weighted by Gasteiger charge is 2.30. The molecule has 0 spiro atoms. The molecule has 0 fully saturated rings. The molecule has 23 heavy (non-hydrogen) atoms. The van der Waals surface area contributed by atoms with Crippen molar-refractivity contribution in [2.45, 2.75) is 13.1 Å². The fraction of sp³-hybridized carbons (Fsp3) is 0.118. The van der Waals surface area contributed by atoms with Gasteiger partial charge in [-0.2, -0.15) is 13.2 Å². The van der Waals surface area contributed by atoms with Crippen LogP contribution in [0.1, 0.15) is 11.1 Å². The molecule has 6 heteroatoms. The van der Waals surface area contributed by atoms with Gasteiger partial charge in [0.1, 0.15) is 17.1 Å². The van der Waals surface area contributed by atoms with Gasteiger partial charge < -0.3 is 9.15 Å². The second-order valence-electron chi connectivity index (χ2n) is 5.03. The fourth-order valence-corrected chi connectivity index (χ4v) is 2.22. The maximum Gasteiger partial charge on any atom is 0.416 e. The Morgan fingerprint density at radius 3 is 2.26 bits per heavy atom. The highest BCUT2D eigenvalue weighted by Crippen LogP contribution is 2.32. The van der Waals surface area contributed by atoms with Crippen LogP contribution < -0.4 is 10.4 Å². The lowest BCUT2D eigenvalue weighted by molar-refractivity contribution is -0.137. The third-order valence-electron chi connectivity index (χ3n) is 3.34. The summed E-state index contributed by atoms with van der Waals surface area (Å²) >= 11 is 0. The monoisotopic (exact) mass is 320 g/mol. The lowest BCUT2D eigenvalue weighted by Gasteiger charge is -2.09. The maximum atomic E-state index is 12.5. The number of halogens is 3. The molecule has 0 amide bonds. The van der Waals surface area contributed by atoms with E-state index in [2.05, 4.69) is 0 Å². The maximum absolute atomic E-state index is 12.5. The zero-order valence-electron chi connectivity index (χ0n) is 12.0. The van der Waals surface area contributed by atoms with E-state index in [1.54, 1.807) is 19.1 Å². The van der Waals surface area contributed by atoms with Crippen LogP contribution in [0.2, 0.25) is 0 Å². The molecule has 0 saturated carbocycles. The first-order valence-electron chi connectivity index (χ1n) is 6.72. The molecule has 0 radical (unpaired) electrons. The largest absolute Gasteiger partial charge is 0.457 e. The Labute approximate surface area is 128 Å². The minimum Gasteiger partial charge on any atom is -0.457 e. The Kier molecular flexibility index (Phi) is 3.60. The van der Waals surface area contributed by atoms with Crippen LogP contribution in [-0.4, -0.2) is 0 Å². The van der Waals surface area contributed by atoms with Crippen LogP contribution in [0.15, 0.2) is 57.7 Å². The molecule has 1 aromatic heterocycles. The lowest BCUT2D eigenvalue weighted by atomic mass is 10.1. The van der Waals surface area contributed by atoms with Crippen molar-refractivity contribution in [3.63, 3.8) is 0 Å². The second-order valence-corrected chi connectivity index (χ2v) is 5.03. The topological polar surface area (TPSA) is 39.4 Å². The molecule has 1 heterocycles. The van der Waals surface area contributed by atoms with Crippen LogP contribution in [0.4, 0.5) is 13.2 Å². The number of hydrogen-bond acceptors (Lipinski definition) is 3. The van der Waals surface area contributed by atoms with Crippen molar-refractivity contribution in [3.05, 3.63) is 70.1 Å². The molecule has 0 saturated heterocycles. The summed E-state index contributed by atoms with van der Waals surface area (Å²) in [6.45, 7) is 1.79. The molecule has 118 valence electrons. The van der Waals surface area contributed by atoms with Gasteiger partial charge in [0.2, 0.25) is 0 Å². The molecule has 0 aliphatic heterocycles. The Morgan fingerprint density at radius 1 is 0.957 bits per heavy atom. The summed E-state index contributed by atoms with van der Waals surface area (Å²) < 4.78 is 48.1. The van der Waals surface area contributed by atoms with Crippen molar-refractivity contribution in [1.82, 2.24) is 0 Å². The van der Waals surface area contributed by atoms with Crippen molar-refractivity contribution in [2.24, 2.45) is 0 Å². The first-order chi connectivity index (χ1) is 10.8. The molecule has 0 unspecified atom stereocenters. The van der Waals surface area contributed by atoms with Gasteiger partial charge in [-0.25, -0.2) is 4.79 Å². The van der Waals surface area contributed by atoms with Gasteiger partial charge in [-0.3, -0.25) is 0 Å². The summed E-state index contributed by atoms with van der Waals surface area (Å²) in [6.07, 6.45) is -4.39. The van der Waals surface area contributed by atoms with E-state index < -0.39 is 17.4 Å². The number of ether oxygens (including phenoxy) is 1. The van der Waals surface area contributed by atoms with Crippen molar-refractivity contribution in [1.29, 1.82) is 0 Å². The van der Waals surface area contributed by atoms with E-state index in [1.807, 2.05) is 0 Å². The van der Waals surface area contributed by atoms with Gasteiger partial charge in [-0.05, 0) is 48.9 Å². The first kappa shape index (κ1) is 15.1. The summed E-state index contributed by atoms with van der Waals surface area (Å²) in [5.74, 6) is 0.623. The smallest absolute Gasteiger partial charge is 0.416 e. The Hall–Kier alpha value is -2.76. The minimum absolute atomic E-state index is 0.257. The third-order valence-corrected chi connectivity index (χ3v) is 3.34. The SMILES string of the molecule is Cc1cc(=O)oc2cc(Oc3ccc(C(F)(F)F)cc3)ccc12. The summed E-state index contributed by atoms with van der Waals surface area (Å²) in [5.41, 5.74) is -0.0802. The molecule has 0 aliphatic rings. The van der Waals surface area contributed by atoms with Crippen molar-refractivity contribution < 1.29 is 22.3 Å². The van der Waals surface area contributed by atoms with Gasteiger partial charge in [-0.1, -0.05) is 0 Å². The van der Waals surface area contributed by atoms with E-state index in [0.29, 0.717) is 11.3 Å². The van der Waals surface area contributed by atoms with Crippen molar-refractivity contribution in [3.8, 4) is 11.5 Å². The van der Waals surface area contributed by atoms with Gasteiger partial charge >= 0.3 is 11.8 Å². The normalized spacial score (nSPS) is 11.7. The third kappa shape index (κ3) is 3.21. The van der Waals surface area contributed by atoms with E-state index in [9.17, 15) is 18.0 Å². The summed E-state index contributed by atoms with van der Waals surface area (Å²) in [5, 5.41) is 0.768. The summed E-state index contributed by atoms with van der Waals surface area (Å²) in [7, 11) is 0. The van der Waals surface area contributed by atoms with Crippen LogP contribution in [0.5, 0.6) is 11.5 Å². The minimum atomic E-state index is -4.39. The molecule has 0 bridgehead atoms. The zero-order valence-corrected chi connectivity index (χ0v) is 12.0. The van der Waals surface area contributed by atoms with Gasteiger partial charge in [0.05, 0.1) is 5.56 Å². The van der Waals surface area contributed by atoms with E-state index in [1.165, 1.54) is 24.3 Å². The number of aryl methyl sites for hydroxylation is 1. The highest BCUT2D eigenvalue weighted by atomic mass is 19.4. The van der Waals surface area contributed by atoms with Crippen LogP contribution in [0.25, 0.3) is 11.0 Å². The molecule has 3 aromatic rings. The summed E-state index contributed by atoms with van der Waals surface area (Å²) in [4.78, 5) is 11.4. The number of alkyl halides is 3. The molecular formula is C17H11F3O3. The lowest BCUT2D eigenvalue weighted by Crippen LogP contribution is -2.04. The van der Waals surface area contributed by atoms with Crippen LogP contribution in [0, 0.1) is 6.92 Å². The van der Waals surface area contributed by atoms with Crippen LogP contribution in [0.3, 0.4) is 0 Å². The second kappa shape index (κ2) is 5.46. The standard InChI is InChI=1S/C17H11F3O3/c1-10-8-16(21)23-15-9-13(6-7-14(10)15)22-12-4-2-11(3-5-12)17(18,19)20/h2-9H,1H3. The number of hydrogen-bond donors (Lipinski definition) is 0. The zero-order chi connectivity index (χ0) is 16.6. The fourth-order valence-electron chi connectivity index (χ4n) is 2.22. The van der Waals surface area contributed by atoms with E-state index in [4.69, 9.17) is 9.15 Å². The van der Waals surface area contributed by atoms with Gasteiger partial charge in [0.15, 0.2) is 0 Å². The van der Waals surface area contributed by atoms with E-state index in [0.717, 1.165) is 23.1 Å². The van der Waals surface area contributed by atoms with E-state index >= 15 is 0 Å². The Balaban J connectivity index is 1.91. The van der Waals surface area contributed by atoms with E-state index in [-0.39, 0.29) is 5.75 Å². The van der Waals surface area contributed by atoms with Crippen LogP contribution in [-0.2, 0) is 6.18 Å². The predicted molar refractivity (Wildman–Crippen MR) is 78.7 cm³/mol. The number of rotatable bonds is 2. The molecule has 0 atom stereocenters. The summed E-state index contributed by atoms with van der Waals surface area (Å²) in [6, 6.07) is 10.7.